The average molecular weight is 376 g/mol. The molecule has 0 spiro atoms. The Hall–Kier alpha value is -2.57. The van der Waals surface area contributed by atoms with Gasteiger partial charge in [0, 0.05) is 46.7 Å². The predicted octanol–water partition coefficient (Wildman–Crippen LogP) is 3.62. The van der Waals surface area contributed by atoms with Gasteiger partial charge >= 0.3 is 0 Å². The van der Waals surface area contributed by atoms with Crippen LogP contribution in [0.1, 0.15) is 11.1 Å². The number of rotatable bonds is 5. The number of amides is 1. The average Bonchev–Trinajstić information content (AvgIpc) is 3.18. The molecule has 2 aromatic heterocycles. The van der Waals surface area contributed by atoms with Gasteiger partial charge in [0.05, 0.1) is 24.6 Å². The van der Waals surface area contributed by atoms with Crippen molar-refractivity contribution in [3.63, 3.8) is 0 Å². The third-order valence-electron chi connectivity index (χ3n) is 3.43. The lowest BCUT2D eigenvalue weighted by molar-refractivity contribution is -0.111. The molecule has 0 fully saturated rings. The van der Waals surface area contributed by atoms with Crippen molar-refractivity contribution in [3.05, 3.63) is 70.2 Å². The minimum Gasteiger partial charge on any atom is -0.320 e. The fourth-order valence-electron chi connectivity index (χ4n) is 2.24. The second kappa shape index (κ2) is 7.55. The molecule has 3 aromatic rings. The molecule has 0 aliphatic carbocycles. The molecule has 0 atom stereocenters. The first-order valence-corrected chi connectivity index (χ1v) is 8.20. The Morgan fingerprint density at radius 2 is 1.96 bits per heavy atom. The largest absolute Gasteiger partial charge is 0.320 e. The Morgan fingerprint density at radius 3 is 2.64 bits per heavy atom. The Morgan fingerprint density at radius 1 is 1.20 bits per heavy atom. The minimum absolute atomic E-state index is 0.251. The summed E-state index contributed by atoms with van der Waals surface area (Å²) in [5.41, 5.74) is 2.22. The van der Waals surface area contributed by atoms with Crippen molar-refractivity contribution in [1.82, 2.24) is 19.6 Å². The number of carbonyl (C=O) groups excluding carboxylic acids is 1. The second-order valence-electron chi connectivity index (χ2n) is 5.40. The number of aromatic nitrogens is 4. The summed E-state index contributed by atoms with van der Waals surface area (Å²) in [6, 6.07) is 5.34. The van der Waals surface area contributed by atoms with E-state index in [9.17, 15) is 4.79 Å². The molecule has 25 heavy (non-hydrogen) atoms. The third-order valence-corrected chi connectivity index (χ3v) is 4.14. The highest BCUT2D eigenvalue weighted by molar-refractivity contribution is 6.35. The van der Waals surface area contributed by atoms with E-state index in [2.05, 4.69) is 15.5 Å². The zero-order valence-electron chi connectivity index (χ0n) is 13.4. The number of nitrogens with zero attached hydrogens (tertiary/aromatic N) is 4. The molecule has 2 heterocycles. The monoisotopic (exact) mass is 375 g/mol. The highest BCUT2D eigenvalue weighted by Gasteiger charge is 2.08. The van der Waals surface area contributed by atoms with E-state index >= 15 is 0 Å². The molecular formula is C17H15Cl2N5O. The maximum atomic E-state index is 12.0. The Balaban J connectivity index is 1.63. The summed E-state index contributed by atoms with van der Waals surface area (Å²) in [6.07, 6.45) is 9.91. The van der Waals surface area contributed by atoms with Crippen molar-refractivity contribution in [2.45, 2.75) is 6.54 Å². The molecule has 1 amide bonds. The molecule has 6 nitrogen and oxygen atoms in total. The van der Waals surface area contributed by atoms with E-state index in [-0.39, 0.29) is 5.91 Å². The molecule has 1 N–H and O–H groups in total. The number of hydrogen-bond donors (Lipinski definition) is 1. The first-order chi connectivity index (χ1) is 12.0. The standard InChI is InChI=1S/C17H15Cl2N5O/c1-23-9-12(7-20-23)5-6-17(25)22-13-8-21-24(10-13)11-14-15(18)3-2-4-16(14)19/h2-10H,11H2,1H3,(H,22,25)/b6-5+. The number of benzene rings is 1. The lowest BCUT2D eigenvalue weighted by atomic mass is 10.2. The fourth-order valence-corrected chi connectivity index (χ4v) is 2.76. The maximum absolute atomic E-state index is 12.0. The summed E-state index contributed by atoms with van der Waals surface area (Å²) >= 11 is 12.3. The molecule has 0 aliphatic rings. The normalized spacial score (nSPS) is 11.2. The molecule has 8 heteroatoms. The smallest absolute Gasteiger partial charge is 0.248 e. The van der Waals surface area contributed by atoms with Crippen molar-refractivity contribution in [2.24, 2.45) is 7.05 Å². The molecule has 3 rings (SSSR count). The van der Waals surface area contributed by atoms with E-state index in [1.165, 1.54) is 6.08 Å². The van der Waals surface area contributed by atoms with E-state index in [0.717, 1.165) is 11.1 Å². The quantitative estimate of drug-likeness (QED) is 0.692. The van der Waals surface area contributed by atoms with Gasteiger partial charge in [-0.3, -0.25) is 14.2 Å². The van der Waals surface area contributed by atoms with Crippen molar-refractivity contribution in [2.75, 3.05) is 5.32 Å². The summed E-state index contributed by atoms with van der Waals surface area (Å²) in [4.78, 5) is 12.0. The topological polar surface area (TPSA) is 64.7 Å². The number of anilines is 1. The molecule has 1 aromatic carbocycles. The van der Waals surface area contributed by atoms with Crippen LogP contribution >= 0.6 is 23.2 Å². The molecule has 128 valence electrons. The van der Waals surface area contributed by atoms with Crippen LogP contribution in [0.5, 0.6) is 0 Å². The predicted molar refractivity (Wildman–Crippen MR) is 98.7 cm³/mol. The summed E-state index contributed by atoms with van der Waals surface area (Å²) < 4.78 is 3.33. The Bertz CT molecular complexity index is 909. The first kappa shape index (κ1) is 17.3. The van der Waals surface area contributed by atoms with Crippen molar-refractivity contribution < 1.29 is 4.79 Å². The van der Waals surface area contributed by atoms with Gasteiger partial charge in [-0.15, -0.1) is 0 Å². The lowest BCUT2D eigenvalue weighted by Gasteiger charge is -2.06. The van der Waals surface area contributed by atoms with Gasteiger partial charge in [-0.25, -0.2) is 0 Å². The molecule has 0 saturated carbocycles. The SMILES string of the molecule is Cn1cc(/C=C/C(=O)Nc2cnn(Cc3c(Cl)cccc3Cl)c2)cn1. The summed E-state index contributed by atoms with van der Waals surface area (Å²) in [7, 11) is 1.82. The van der Waals surface area contributed by atoms with Crippen molar-refractivity contribution >= 4 is 40.9 Å². The van der Waals surface area contributed by atoms with Gasteiger partial charge in [0.25, 0.3) is 0 Å². The van der Waals surface area contributed by atoms with Crippen LogP contribution in [0.15, 0.2) is 49.1 Å². The van der Waals surface area contributed by atoms with E-state index in [0.29, 0.717) is 22.3 Å². The number of hydrogen-bond acceptors (Lipinski definition) is 3. The highest BCUT2D eigenvalue weighted by atomic mass is 35.5. The van der Waals surface area contributed by atoms with Gasteiger partial charge in [-0.2, -0.15) is 10.2 Å². The number of nitrogens with one attached hydrogen (secondary N) is 1. The van der Waals surface area contributed by atoms with Crippen LogP contribution in [0.4, 0.5) is 5.69 Å². The van der Waals surface area contributed by atoms with Gasteiger partial charge in [0.2, 0.25) is 5.91 Å². The fraction of sp³-hybridized carbons (Fsp3) is 0.118. The van der Waals surface area contributed by atoms with E-state index in [4.69, 9.17) is 23.2 Å². The molecule has 0 bridgehead atoms. The van der Waals surface area contributed by atoms with Crippen LogP contribution in [0, 0.1) is 0 Å². The Labute approximate surface area is 154 Å². The minimum atomic E-state index is -0.251. The Kier molecular flexibility index (Phi) is 5.21. The maximum Gasteiger partial charge on any atom is 0.248 e. The van der Waals surface area contributed by atoms with E-state index in [1.807, 2.05) is 13.2 Å². The molecular weight excluding hydrogens is 361 g/mol. The van der Waals surface area contributed by atoms with Crippen molar-refractivity contribution in [3.8, 4) is 0 Å². The summed E-state index contributed by atoms with van der Waals surface area (Å²) in [5, 5.41) is 12.2. The van der Waals surface area contributed by atoms with Crippen LogP contribution in [-0.4, -0.2) is 25.5 Å². The third kappa shape index (κ3) is 4.49. The van der Waals surface area contributed by atoms with Crippen LogP contribution in [0.25, 0.3) is 6.08 Å². The van der Waals surface area contributed by atoms with Gasteiger partial charge in [0.1, 0.15) is 0 Å². The van der Waals surface area contributed by atoms with Gasteiger partial charge in [0.15, 0.2) is 0 Å². The van der Waals surface area contributed by atoms with Crippen LogP contribution in [0.2, 0.25) is 10.0 Å². The zero-order chi connectivity index (χ0) is 17.8. The number of halogens is 2. The molecule has 0 aliphatic heterocycles. The first-order valence-electron chi connectivity index (χ1n) is 7.44. The van der Waals surface area contributed by atoms with Crippen LogP contribution < -0.4 is 5.32 Å². The van der Waals surface area contributed by atoms with E-state index in [1.54, 1.807) is 52.2 Å². The number of aryl methyl sites for hydroxylation is 1. The molecule has 0 unspecified atom stereocenters. The lowest BCUT2D eigenvalue weighted by Crippen LogP contribution is -2.07. The van der Waals surface area contributed by atoms with Crippen LogP contribution in [-0.2, 0) is 18.4 Å². The van der Waals surface area contributed by atoms with Gasteiger partial charge in [-0.05, 0) is 18.2 Å². The zero-order valence-corrected chi connectivity index (χ0v) is 14.9. The summed E-state index contributed by atoms with van der Waals surface area (Å²) in [5.74, 6) is -0.251. The number of carbonyl (C=O) groups is 1. The van der Waals surface area contributed by atoms with Crippen LogP contribution in [0.3, 0.4) is 0 Å². The van der Waals surface area contributed by atoms with Gasteiger partial charge in [-0.1, -0.05) is 29.3 Å². The molecule has 0 radical (unpaired) electrons. The highest BCUT2D eigenvalue weighted by Crippen LogP contribution is 2.25. The van der Waals surface area contributed by atoms with Crippen molar-refractivity contribution in [1.29, 1.82) is 0 Å². The second-order valence-corrected chi connectivity index (χ2v) is 6.21. The van der Waals surface area contributed by atoms with E-state index < -0.39 is 0 Å². The summed E-state index contributed by atoms with van der Waals surface area (Å²) in [6.45, 7) is 0.417. The van der Waals surface area contributed by atoms with Gasteiger partial charge < -0.3 is 5.32 Å². The molecule has 0 saturated heterocycles.